The molecule has 0 aromatic carbocycles. The summed E-state index contributed by atoms with van der Waals surface area (Å²) in [4.78, 5) is 7.82. The van der Waals surface area contributed by atoms with Gasteiger partial charge < -0.3 is 4.74 Å². The number of ether oxygens (including phenoxy) is 1. The van der Waals surface area contributed by atoms with Gasteiger partial charge in [-0.15, -0.1) is 0 Å². The molecule has 0 unspecified atom stereocenters. The van der Waals surface area contributed by atoms with Gasteiger partial charge in [0.15, 0.2) is 0 Å². The van der Waals surface area contributed by atoms with Crippen LogP contribution < -0.4 is 4.74 Å². The van der Waals surface area contributed by atoms with Crippen molar-refractivity contribution in [3.05, 3.63) is 29.5 Å². The Morgan fingerprint density at radius 2 is 2.13 bits per heavy atom. The van der Waals surface area contributed by atoms with Crippen LogP contribution in [-0.4, -0.2) is 16.6 Å². The first-order valence-corrected chi connectivity index (χ1v) is 4.39. The molecular weight excluding hydrogens is 226 g/mol. The summed E-state index contributed by atoms with van der Waals surface area (Å²) in [6.07, 6.45) is 2.65. The molecule has 6 heteroatoms. The van der Waals surface area contributed by atoms with Crippen molar-refractivity contribution in [3.8, 4) is 5.75 Å². The van der Waals surface area contributed by atoms with E-state index in [1.807, 2.05) is 0 Å². The smallest absolute Gasteiger partial charge is 0.387 e. The number of pyridine rings is 2. The Labute approximate surface area is 88.7 Å². The third kappa shape index (κ3) is 2.12. The molecule has 0 aliphatic rings. The van der Waals surface area contributed by atoms with Crippen LogP contribution in [0.25, 0.3) is 11.0 Å². The average molecular weight is 231 g/mol. The van der Waals surface area contributed by atoms with E-state index in [0.717, 1.165) is 0 Å². The third-order valence-electron chi connectivity index (χ3n) is 1.73. The molecule has 0 atom stereocenters. The molecular formula is C9H5ClF2N2O. The molecule has 0 aliphatic carbocycles. The monoisotopic (exact) mass is 230 g/mol. The maximum Gasteiger partial charge on any atom is 0.387 e. The number of fused-ring (bicyclic) bond motifs is 1. The molecule has 0 saturated heterocycles. The van der Waals surface area contributed by atoms with Gasteiger partial charge in [0.25, 0.3) is 0 Å². The van der Waals surface area contributed by atoms with Crippen LogP contribution in [0, 0.1) is 0 Å². The fourth-order valence-corrected chi connectivity index (χ4v) is 1.35. The Morgan fingerprint density at radius 3 is 2.87 bits per heavy atom. The number of hydrogen-bond acceptors (Lipinski definition) is 3. The number of rotatable bonds is 2. The quantitative estimate of drug-likeness (QED) is 0.796. The number of alkyl halides is 2. The Hall–Kier alpha value is -1.49. The highest BCUT2D eigenvalue weighted by molar-refractivity contribution is 6.34. The van der Waals surface area contributed by atoms with E-state index in [0.29, 0.717) is 16.1 Å². The van der Waals surface area contributed by atoms with Crippen molar-refractivity contribution >= 4 is 22.6 Å². The second-order valence-corrected chi connectivity index (χ2v) is 3.12. The Morgan fingerprint density at radius 1 is 1.33 bits per heavy atom. The molecule has 2 aromatic heterocycles. The molecule has 0 spiro atoms. The highest BCUT2D eigenvalue weighted by atomic mass is 35.5. The van der Waals surface area contributed by atoms with Crippen molar-refractivity contribution < 1.29 is 13.5 Å². The van der Waals surface area contributed by atoms with E-state index in [1.54, 1.807) is 6.07 Å². The summed E-state index contributed by atoms with van der Waals surface area (Å²) < 4.78 is 28.0. The number of aromatic nitrogens is 2. The van der Waals surface area contributed by atoms with Gasteiger partial charge in [0.05, 0.1) is 16.7 Å². The maximum atomic E-state index is 11.9. The van der Waals surface area contributed by atoms with E-state index in [9.17, 15) is 8.78 Å². The van der Waals surface area contributed by atoms with Crippen LogP contribution in [0.5, 0.6) is 5.75 Å². The van der Waals surface area contributed by atoms with Crippen molar-refractivity contribution in [2.75, 3.05) is 0 Å². The molecule has 78 valence electrons. The van der Waals surface area contributed by atoms with Crippen molar-refractivity contribution in [1.82, 2.24) is 9.97 Å². The molecule has 0 radical (unpaired) electrons. The molecule has 2 heterocycles. The van der Waals surface area contributed by atoms with E-state index in [4.69, 9.17) is 11.6 Å². The third-order valence-corrected chi connectivity index (χ3v) is 2.03. The SMILES string of the molecule is FC(F)Oc1cnc2c(Cl)ccnc2c1. The lowest BCUT2D eigenvalue weighted by Crippen LogP contribution is -2.02. The van der Waals surface area contributed by atoms with Crippen LogP contribution in [0.1, 0.15) is 0 Å². The molecule has 2 rings (SSSR count). The molecule has 0 fully saturated rings. The van der Waals surface area contributed by atoms with Gasteiger partial charge in [-0.1, -0.05) is 11.6 Å². The van der Waals surface area contributed by atoms with Crippen LogP contribution in [0.4, 0.5) is 8.78 Å². The highest BCUT2D eigenvalue weighted by Gasteiger charge is 2.07. The van der Waals surface area contributed by atoms with Gasteiger partial charge in [-0.05, 0) is 6.07 Å². The first kappa shape index (κ1) is 10.0. The zero-order valence-corrected chi connectivity index (χ0v) is 8.08. The van der Waals surface area contributed by atoms with Crippen LogP contribution in [0.2, 0.25) is 5.02 Å². The second kappa shape index (κ2) is 3.94. The summed E-state index contributed by atoms with van der Waals surface area (Å²) in [7, 11) is 0. The predicted octanol–water partition coefficient (Wildman–Crippen LogP) is 2.88. The molecule has 0 N–H and O–H groups in total. The number of halogens is 3. The Balaban J connectivity index is 2.48. The zero-order chi connectivity index (χ0) is 10.8. The Kier molecular flexibility index (Phi) is 2.64. The van der Waals surface area contributed by atoms with Crippen LogP contribution >= 0.6 is 11.6 Å². The van der Waals surface area contributed by atoms with E-state index < -0.39 is 6.61 Å². The summed E-state index contributed by atoms with van der Waals surface area (Å²) in [6, 6.07) is 2.94. The van der Waals surface area contributed by atoms with E-state index in [-0.39, 0.29) is 5.75 Å². The summed E-state index contributed by atoms with van der Waals surface area (Å²) in [5.74, 6) is -0.0349. The summed E-state index contributed by atoms with van der Waals surface area (Å²) in [6.45, 7) is -2.87. The van der Waals surface area contributed by atoms with Gasteiger partial charge in [0, 0.05) is 12.3 Å². The molecule has 2 aromatic rings. The fourth-order valence-electron chi connectivity index (χ4n) is 1.15. The van der Waals surface area contributed by atoms with Crippen molar-refractivity contribution in [2.45, 2.75) is 6.61 Å². The van der Waals surface area contributed by atoms with Crippen molar-refractivity contribution in [3.63, 3.8) is 0 Å². The van der Waals surface area contributed by atoms with E-state index in [1.165, 1.54) is 18.5 Å². The lowest BCUT2D eigenvalue weighted by atomic mass is 10.3. The normalized spacial score (nSPS) is 10.9. The lowest BCUT2D eigenvalue weighted by molar-refractivity contribution is -0.0499. The van der Waals surface area contributed by atoms with Crippen molar-refractivity contribution in [2.24, 2.45) is 0 Å². The summed E-state index contributed by atoms with van der Waals surface area (Å²) >= 11 is 5.82. The second-order valence-electron chi connectivity index (χ2n) is 2.71. The number of nitrogens with zero attached hydrogens (tertiary/aromatic N) is 2. The van der Waals surface area contributed by atoms with Gasteiger partial charge in [-0.2, -0.15) is 8.78 Å². The first-order valence-electron chi connectivity index (χ1n) is 4.02. The van der Waals surface area contributed by atoms with E-state index in [2.05, 4.69) is 14.7 Å². The minimum absolute atomic E-state index is 0.0349. The zero-order valence-electron chi connectivity index (χ0n) is 7.32. The first-order chi connectivity index (χ1) is 7.16. The fraction of sp³-hybridized carbons (Fsp3) is 0.111. The minimum atomic E-state index is -2.87. The molecule has 0 aliphatic heterocycles. The standard InChI is InChI=1S/C9H5ClF2N2O/c10-6-1-2-13-7-3-5(15-9(11)12)4-14-8(6)7/h1-4,9H. The predicted molar refractivity (Wildman–Crippen MR) is 51.2 cm³/mol. The Bertz CT molecular complexity index is 492. The van der Waals surface area contributed by atoms with Crippen LogP contribution in [-0.2, 0) is 0 Å². The summed E-state index contributed by atoms with van der Waals surface area (Å²) in [5.41, 5.74) is 0.876. The largest absolute Gasteiger partial charge is 0.433 e. The number of hydrogen-bond donors (Lipinski definition) is 0. The van der Waals surface area contributed by atoms with E-state index >= 15 is 0 Å². The van der Waals surface area contributed by atoms with Gasteiger partial charge in [0.2, 0.25) is 0 Å². The topological polar surface area (TPSA) is 35.0 Å². The van der Waals surface area contributed by atoms with Gasteiger partial charge in [0.1, 0.15) is 11.3 Å². The highest BCUT2D eigenvalue weighted by Crippen LogP contribution is 2.23. The van der Waals surface area contributed by atoms with Gasteiger partial charge in [-0.25, -0.2) is 4.98 Å². The molecule has 0 bridgehead atoms. The summed E-state index contributed by atoms with van der Waals surface area (Å²) in [5, 5.41) is 0.420. The lowest BCUT2D eigenvalue weighted by Gasteiger charge is -2.04. The molecule has 0 amide bonds. The maximum absolute atomic E-state index is 11.9. The average Bonchev–Trinajstić information content (AvgIpc) is 2.17. The van der Waals surface area contributed by atoms with Crippen LogP contribution in [0.3, 0.4) is 0 Å². The van der Waals surface area contributed by atoms with Gasteiger partial charge in [-0.3, -0.25) is 4.98 Å². The van der Waals surface area contributed by atoms with Gasteiger partial charge >= 0.3 is 6.61 Å². The molecule has 0 saturated carbocycles. The minimum Gasteiger partial charge on any atom is -0.433 e. The van der Waals surface area contributed by atoms with Crippen molar-refractivity contribution in [1.29, 1.82) is 0 Å². The molecule has 15 heavy (non-hydrogen) atoms. The molecule has 3 nitrogen and oxygen atoms in total. The van der Waals surface area contributed by atoms with Crippen LogP contribution in [0.15, 0.2) is 24.5 Å².